The van der Waals surface area contributed by atoms with Gasteiger partial charge in [-0.15, -0.1) is 0 Å². The smallest absolute Gasteiger partial charge is 0.309 e. The van der Waals surface area contributed by atoms with Crippen molar-refractivity contribution in [3.63, 3.8) is 0 Å². The van der Waals surface area contributed by atoms with Crippen molar-refractivity contribution in [2.75, 3.05) is 6.61 Å². The standard InChI is InChI=1S/C19H22O4/c20-18(21-10-12-4-2-1-3-5-12)13-8-19(9-13)22-11-16(23-19)17-14-6-7-15(14)17/h1-5,13-17H,6-11H2. The number of fused-ring (bicyclic) bond motifs is 1. The van der Waals surface area contributed by atoms with E-state index < -0.39 is 5.79 Å². The van der Waals surface area contributed by atoms with Gasteiger partial charge in [-0.05, 0) is 36.2 Å². The Morgan fingerprint density at radius 1 is 1.17 bits per heavy atom. The van der Waals surface area contributed by atoms with Gasteiger partial charge in [0.15, 0.2) is 5.79 Å². The zero-order valence-corrected chi connectivity index (χ0v) is 13.1. The highest BCUT2D eigenvalue weighted by Crippen LogP contribution is 2.65. The molecular formula is C19H22O4. The van der Waals surface area contributed by atoms with Crippen molar-refractivity contribution in [2.45, 2.75) is 44.2 Å². The number of hydrogen-bond acceptors (Lipinski definition) is 4. The molecule has 1 heterocycles. The van der Waals surface area contributed by atoms with Crippen molar-refractivity contribution >= 4 is 5.97 Å². The fraction of sp³-hybridized carbons (Fsp3) is 0.632. The number of ether oxygens (including phenoxy) is 3. The maximum absolute atomic E-state index is 12.1. The summed E-state index contributed by atoms with van der Waals surface area (Å²) in [7, 11) is 0. The zero-order valence-electron chi connectivity index (χ0n) is 13.1. The van der Waals surface area contributed by atoms with E-state index in [2.05, 4.69) is 0 Å². The van der Waals surface area contributed by atoms with Crippen molar-refractivity contribution < 1.29 is 19.0 Å². The van der Waals surface area contributed by atoms with Crippen LogP contribution in [0.15, 0.2) is 30.3 Å². The minimum Gasteiger partial charge on any atom is -0.461 e. The lowest BCUT2D eigenvalue weighted by molar-refractivity contribution is -0.244. The van der Waals surface area contributed by atoms with Crippen LogP contribution in [0.4, 0.5) is 0 Å². The Balaban J connectivity index is 1.10. The van der Waals surface area contributed by atoms with Crippen molar-refractivity contribution in [2.24, 2.45) is 23.7 Å². The van der Waals surface area contributed by atoms with E-state index in [1.54, 1.807) is 0 Å². The summed E-state index contributed by atoms with van der Waals surface area (Å²) in [6.07, 6.45) is 4.32. The van der Waals surface area contributed by atoms with Crippen LogP contribution in [0.25, 0.3) is 0 Å². The predicted molar refractivity (Wildman–Crippen MR) is 82.2 cm³/mol. The molecule has 5 rings (SSSR count). The van der Waals surface area contributed by atoms with Crippen LogP contribution in [0.5, 0.6) is 0 Å². The quantitative estimate of drug-likeness (QED) is 0.802. The average Bonchev–Trinajstić information content (AvgIpc) is 2.87. The zero-order chi connectivity index (χ0) is 15.4. The molecular weight excluding hydrogens is 292 g/mol. The highest BCUT2D eigenvalue weighted by Gasteiger charge is 2.64. The summed E-state index contributed by atoms with van der Waals surface area (Å²) in [6, 6.07) is 9.79. The van der Waals surface area contributed by atoms with E-state index in [0.717, 1.165) is 23.3 Å². The summed E-state index contributed by atoms with van der Waals surface area (Å²) >= 11 is 0. The SMILES string of the molecule is O=C(OCc1ccccc1)C1CC2(C1)OCC(C1C3CCC31)O2. The maximum atomic E-state index is 12.1. The molecule has 1 aromatic carbocycles. The van der Waals surface area contributed by atoms with Crippen LogP contribution >= 0.6 is 0 Å². The molecule has 0 amide bonds. The van der Waals surface area contributed by atoms with E-state index in [-0.39, 0.29) is 18.0 Å². The van der Waals surface area contributed by atoms with E-state index in [0.29, 0.717) is 26.1 Å². The second-order valence-corrected chi connectivity index (χ2v) is 7.56. The molecule has 3 unspecified atom stereocenters. The van der Waals surface area contributed by atoms with Crippen LogP contribution in [-0.2, 0) is 25.6 Å². The lowest BCUT2D eigenvalue weighted by Gasteiger charge is -2.41. The number of benzene rings is 1. The van der Waals surface area contributed by atoms with Crippen molar-refractivity contribution in [3.05, 3.63) is 35.9 Å². The van der Waals surface area contributed by atoms with E-state index >= 15 is 0 Å². The third-order valence-electron chi connectivity index (χ3n) is 6.21. The van der Waals surface area contributed by atoms with E-state index in [1.807, 2.05) is 30.3 Å². The number of carbonyl (C=O) groups is 1. The Labute approximate surface area is 136 Å². The van der Waals surface area contributed by atoms with Gasteiger partial charge in [-0.1, -0.05) is 30.3 Å². The van der Waals surface area contributed by atoms with Crippen LogP contribution in [0, 0.1) is 23.7 Å². The molecule has 4 nitrogen and oxygen atoms in total. The Kier molecular flexibility index (Phi) is 3.07. The lowest BCUT2D eigenvalue weighted by atomic mass is 9.79. The molecule has 23 heavy (non-hydrogen) atoms. The summed E-state index contributed by atoms with van der Waals surface area (Å²) in [5.41, 5.74) is 1.02. The molecule has 4 fully saturated rings. The van der Waals surface area contributed by atoms with Gasteiger partial charge in [-0.25, -0.2) is 0 Å². The first-order valence-corrected chi connectivity index (χ1v) is 8.76. The molecule has 0 aromatic heterocycles. The van der Waals surface area contributed by atoms with E-state index in [4.69, 9.17) is 14.2 Å². The fourth-order valence-electron chi connectivity index (χ4n) is 4.65. The Bertz CT molecular complexity index is 597. The molecule has 4 heteroatoms. The highest BCUT2D eigenvalue weighted by atomic mass is 16.7. The van der Waals surface area contributed by atoms with Gasteiger partial charge in [-0.3, -0.25) is 4.79 Å². The molecule has 122 valence electrons. The number of esters is 1. The minimum absolute atomic E-state index is 0.0756. The molecule has 4 aliphatic rings. The summed E-state index contributed by atoms with van der Waals surface area (Å²) in [5.74, 6) is 1.87. The molecule has 1 saturated heterocycles. The number of hydrogen-bond donors (Lipinski definition) is 0. The molecule has 1 aromatic rings. The Morgan fingerprint density at radius 3 is 2.61 bits per heavy atom. The molecule has 3 aliphatic carbocycles. The summed E-state index contributed by atoms with van der Waals surface area (Å²) in [5, 5.41) is 0. The monoisotopic (exact) mass is 314 g/mol. The van der Waals surface area contributed by atoms with Crippen LogP contribution in [-0.4, -0.2) is 24.5 Å². The van der Waals surface area contributed by atoms with Crippen molar-refractivity contribution in [1.82, 2.24) is 0 Å². The average molecular weight is 314 g/mol. The number of rotatable bonds is 4. The third kappa shape index (κ3) is 2.31. The second-order valence-electron chi connectivity index (χ2n) is 7.56. The number of carbonyl (C=O) groups excluding carboxylic acids is 1. The van der Waals surface area contributed by atoms with Gasteiger partial charge in [0, 0.05) is 12.8 Å². The van der Waals surface area contributed by atoms with E-state index in [9.17, 15) is 4.79 Å². The Morgan fingerprint density at radius 2 is 1.91 bits per heavy atom. The van der Waals surface area contributed by atoms with E-state index in [1.165, 1.54) is 12.8 Å². The van der Waals surface area contributed by atoms with Crippen LogP contribution < -0.4 is 0 Å². The van der Waals surface area contributed by atoms with Crippen LogP contribution in [0.1, 0.15) is 31.2 Å². The van der Waals surface area contributed by atoms with Crippen LogP contribution in [0.2, 0.25) is 0 Å². The molecule has 3 saturated carbocycles. The topological polar surface area (TPSA) is 44.8 Å². The highest BCUT2D eigenvalue weighted by molar-refractivity contribution is 5.74. The normalized spacial score (nSPS) is 43.4. The van der Waals surface area contributed by atoms with Gasteiger partial charge in [0.2, 0.25) is 0 Å². The molecule has 1 spiro atoms. The third-order valence-corrected chi connectivity index (χ3v) is 6.21. The van der Waals surface area contributed by atoms with Gasteiger partial charge in [-0.2, -0.15) is 0 Å². The largest absolute Gasteiger partial charge is 0.461 e. The molecule has 1 aliphatic heterocycles. The van der Waals surface area contributed by atoms with Crippen LogP contribution in [0.3, 0.4) is 0 Å². The first kappa shape index (κ1) is 14.0. The first-order valence-electron chi connectivity index (χ1n) is 8.76. The summed E-state index contributed by atoms with van der Waals surface area (Å²) in [4.78, 5) is 12.1. The lowest BCUT2D eigenvalue weighted by Crippen LogP contribution is -2.48. The van der Waals surface area contributed by atoms with Gasteiger partial charge in [0.05, 0.1) is 18.6 Å². The predicted octanol–water partition coefficient (Wildman–Crippen LogP) is 2.91. The fourth-order valence-corrected chi connectivity index (χ4v) is 4.65. The molecule has 0 radical (unpaired) electrons. The first-order chi connectivity index (χ1) is 11.2. The van der Waals surface area contributed by atoms with Gasteiger partial charge in [0.25, 0.3) is 0 Å². The van der Waals surface area contributed by atoms with Gasteiger partial charge >= 0.3 is 5.97 Å². The molecule has 3 atom stereocenters. The Hall–Kier alpha value is -1.39. The van der Waals surface area contributed by atoms with Crippen molar-refractivity contribution in [1.29, 1.82) is 0 Å². The molecule has 0 bridgehead atoms. The van der Waals surface area contributed by atoms with Crippen molar-refractivity contribution in [3.8, 4) is 0 Å². The second kappa shape index (κ2) is 5.05. The maximum Gasteiger partial charge on any atom is 0.309 e. The molecule has 0 N–H and O–H groups in total. The summed E-state index contributed by atoms with van der Waals surface area (Å²) in [6.45, 7) is 1.06. The van der Waals surface area contributed by atoms with Gasteiger partial charge < -0.3 is 14.2 Å². The minimum atomic E-state index is -0.483. The van der Waals surface area contributed by atoms with Gasteiger partial charge in [0.1, 0.15) is 6.61 Å². The summed E-state index contributed by atoms with van der Waals surface area (Å²) < 4.78 is 17.5.